The van der Waals surface area contributed by atoms with E-state index in [2.05, 4.69) is 11.7 Å². The minimum absolute atomic E-state index is 0.0429. The molecule has 0 aromatic carbocycles. The van der Waals surface area contributed by atoms with Crippen LogP contribution >= 0.6 is 0 Å². The van der Waals surface area contributed by atoms with Gasteiger partial charge < -0.3 is 19.7 Å². The summed E-state index contributed by atoms with van der Waals surface area (Å²) in [5.41, 5.74) is -0.685. The third-order valence-electron chi connectivity index (χ3n) is 5.90. The molecule has 1 fully saturated rings. The van der Waals surface area contributed by atoms with Gasteiger partial charge in [0.2, 0.25) is 0 Å². The van der Waals surface area contributed by atoms with Gasteiger partial charge in [-0.25, -0.2) is 0 Å². The first-order chi connectivity index (χ1) is 13.8. The number of unbranched alkanes of at least 4 members (excludes halogenated alkanes) is 2. The highest BCUT2D eigenvalue weighted by Crippen LogP contribution is 2.34. The van der Waals surface area contributed by atoms with E-state index in [4.69, 9.17) is 4.74 Å². The molecule has 29 heavy (non-hydrogen) atoms. The molecule has 0 amide bonds. The number of esters is 1. The lowest BCUT2D eigenvalue weighted by Crippen LogP contribution is -2.40. The normalized spacial score (nSPS) is 25.6. The van der Waals surface area contributed by atoms with Crippen LogP contribution in [0.4, 0.5) is 0 Å². The van der Waals surface area contributed by atoms with Crippen molar-refractivity contribution in [3.63, 3.8) is 0 Å². The molecular formula is C23H38O6. The molecule has 1 aliphatic rings. The van der Waals surface area contributed by atoms with Crippen LogP contribution in [-0.4, -0.2) is 54.0 Å². The van der Waals surface area contributed by atoms with E-state index in [0.29, 0.717) is 19.3 Å². The Balaban J connectivity index is 2.66. The Kier molecular flexibility index (Phi) is 11.4. The Morgan fingerprint density at radius 3 is 2.66 bits per heavy atom. The molecule has 6 heteroatoms. The van der Waals surface area contributed by atoms with Crippen molar-refractivity contribution in [1.29, 1.82) is 0 Å². The Morgan fingerprint density at radius 1 is 1.31 bits per heavy atom. The van der Waals surface area contributed by atoms with Crippen LogP contribution in [0.25, 0.3) is 0 Å². The molecule has 5 atom stereocenters. The Bertz CT molecular complexity index is 570. The lowest BCUT2D eigenvalue weighted by atomic mass is 9.87. The van der Waals surface area contributed by atoms with Crippen LogP contribution in [0.1, 0.15) is 65.2 Å². The zero-order valence-corrected chi connectivity index (χ0v) is 18.3. The molecule has 1 unspecified atom stereocenters. The maximum Gasteiger partial charge on any atom is 0.305 e. The van der Waals surface area contributed by atoms with Crippen molar-refractivity contribution < 1.29 is 29.3 Å². The van der Waals surface area contributed by atoms with Crippen LogP contribution < -0.4 is 0 Å². The topological polar surface area (TPSA) is 93.1 Å². The van der Waals surface area contributed by atoms with Gasteiger partial charge in [0.25, 0.3) is 0 Å². The first-order valence-electron chi connectivity index (χ1n) is 10.6. The molecular weight excluding hydrogens is 372 g/mol. The number of aliphatic hydroxyl groups is 2. The van der Waals surface area contributed by atoms with E-state index in [1.54, 1.807) is 19.3 Å². The summed E-state index contributed by atoms with van der Waals surface area (Å²) in [5.74, 6) is -0.793. The van der Waals surface area contributed by atoms with Crippen LogP contribution in [0.5, 0.6) is 0 Å². The van der Waals surface area contributed by atoms with Crippen molar-refractivity contribution in [3.05, 3.63) is 24.3 Å². The number of hydrogen-bond donors (Lipinski definition) is 2. The van der Waals surface area contributed by atoms with Crippen LogP contribution in [0.3, 0.4) is 0 Å². The summed E-state index contributed by atoms with van der Waals surface area (Å²) < 4.78 is 10.1. The molecule has 166 valence electrons. The summed E-state index contributed by atoms with van der Waals surface area (Å²) >= 11 is 0. The van der Waals surface area contributed by atoms with E-state index in [0.717, 1.165) is 25.7 Å². The maximum absolute atomic E-state index is 12.3. The standard InChI is InChI=1S/C23H38O6/c1-5-6-15-23(2,29-4)21(26)14-13-18-17(19(24)16-20(18)25)11-9-7-8-10-12-22(27)28-3/h7,9,13-14,17-18,20-21,25-26H,5-6,8,10-12,15-16H2,1-4H3/b9-7-,14-13+/t17-,18?,20-,21-,23+/m1/s1. The second-order valence-electron chi connectivity index (χ2n) is 8.05. The lowest BCUT2D eigenvalue weighted by molar-refractivity contribution is -0.140. The van der Waals surface area contributed by atoms with Gasteiger partial charge in [0, 0.05) is 31.8 Å². The quantitative estimate of drug-likeness (QED) is 0.275. The number of ketones is 1. The highest BCUT2D eigenvalue weighted by atomic mass is 16.5. The molecule has 0 spiro atoms. The van der Waals surface area contributed by atoms with Gasteiger partial charge in [-0.1, -0.05) is 44.1 Å². The second-order valence-corrected chi connectivity index (χ2v) is 8.05. The maximum atomic E-state index is 12.3. The predicted molar refractivity (Wildman–Crippen MR) is 112 cm³/mol. The molecule has 0 heterocycles. The number of ether oxygens (including phenoxy) is 2. The SMILES string of the molecule is CCCC[C@](C)(OC)[C@H](O)/C=C/C1[C@H](O)CC(=O)[C@@H]1C/C=C\CCCC(=O)OC. The Hall–Kier alpha value is -1.50. The van der Waals surface area contributed by atoms with Crippen molar-refractivity contribution in [3.8, 4) is 0 Å². The lowest BCUT2D eigenvalue weighted by Gasteiger charge is -2.32. The molecule has 6 nitrogen and oxygen atoms in total. The van der Waals surface area contributed by atoms with Gasteiger partial charge in [-0.3, -0.25) is 9.59 Å². The van der Waals surface area contributed by atoms with Gasteiger partial charge in [-0.2, -0.15) is 0 Å². The number of carbonyl (C=O) groups is 2. The van der Waals surface area contributed by atoms with Gasteiger partial charge in [-0.15, -0.1) is 0 Å². The van der Waals surface area contributed by atoms with Crippen molar-refractivity contribution in [2.24, 2.45) is 11.8 Å². The van der Waals surface area contributed by atoms with Crippen molar-refractivity contribution in [2.45, 2.75) is 83.0 Å². The fraction of sp³-hybridized carbons (Fsp3) is 0.739. The zero-order chi connectivity index (χ0) is 21.9. The van der Waals surface area contributed by atoms with Gasteiger partial charge in [0.1, 0.15) is 11.9 Å². The number of carbonyl (C=O) groups excluding carboxylic acids is 2. The number of aliphatic hydroxyl groups excluding tert-OH is 2. The number of hydrogen-bond acceptors (Lipinski definition) is 6. The molecule has 2 N–H and O–H groups in total. The first kappa shape index (κ1) is 25.5. The van der Waals surface area contributed by atoms with Gasteiger partial charge >= 0.3 is 5.97 Å². The van der Waals surface area contributed by atoms with Crippen molar-refractivity contribution >= 4 is 11.8 Å². The number of Topliss-reactive ketones (excluding diaryl/α,β-unsaturated/α-hetero) is 1. The average molecular weight is 411 g/mol. The van der Waals surface area contributed by atoms with Gasteiger partial charge in [-0.05, 0) is 32.6 Å². The molecule has 0 aromatic rings. The van der Waals surface area contributed by atoms with E-state index >= 15 is 0 Å². The summed E-state index contributed by atoms with van der Waals surface area (Å²) in [5, 5.41) is 20.9. The van der Waals surface area contributed by atoms with Crippen LogP contribution in [0.15, 0.2) is 24.3 Å². The summed E-state index contributed by atoms with van der Waals surface area (Å²) in [7, 11) is 2.97. The average Bonchev–Trinajstić information content (AvgIpc) is 2.98. The molecule has 0 aromatic heterocycles. The minimum atomic E-state index is -0.809. The molecule has 1 aliphatic carbocycles. The predicted octanol–water partition coefficient (Wildman–Crippen LogP) is 3.35. The summed E-state index contributed by atoms with van der Waals surface area (Å²) in [6.07, 6.45) is 11.0. The van der Waals surface area contributed by atoms with Crippen molar-refractivity contribution in [2.75, 3.05) is 14.2 Å². The largest absolute Gasteiger partial charge is 0.469 e. The zero-order valence-electron chi connectivity index (χ0n) is 18.3. The Labute approximate surface area is 175 Å². The number of allylic oxidation sites excluding steroid dienone is 2. The Morgan fingerprint density at radius 2 is 2.03 bits per heavy atom. The fourth-order valence-corrected chi connectivity index (χ4v) is 3.69. The number of rotatable bonds is 13. The number of methoxy groups -OCH3 is 2. The van der Waals surface area contributed by atoms with Gasteiger partial charge in [0.15, 0.2) is 0 Å². The summed E-state index contributed by atoms with van der Waals surface area (Å²) in [6, 6.07) is 0. The monoisotopic (exact) mass is 410 g/mol. The summed E-state index contributed by atoms with van der Waals surface area (Å²) in [4.78, 5) is 23.4. The van der Waals surface area contributed by atoms with Crippen LogP contribution in [0.2, 0.25) is 0 Å². The minimum Gasteiger partial charge on any atom is -0.469 e. The van der Waals surface area contributed by atoms with E-state index < -0.39 is 17.8 Å². The molecule has 1 rings (SSSR count). The first-order valence-corrected chi connectivity index (χ1v) is 10.6. The van der Waals surface area contributed by atoms with Crippen LogP contribution in [-0.2, 0) is 19.1 Å². The smallest absolute Gasteiger partial charge is 0.305 e. The van der Waals surface area contributed by atoms with Gasteiger partial charge in [0.05, 0.1) is 18.8 Å². The van der Waals surface area contributed by atoms with E-state index in [-0.39, 0.29) is 30.0 Å². The van der Waals surface area contributed by atoms with E-state index in [9.17, 15) is 19.8 Å². The second kappa shape index (κ2) is 12.9. The molecule has 1 saturated carbocycles. The summed E-state index contributed by atoms with van der Waals surface area (Å²) in [6.45, 7) is 3.97. The van der Waals surface area contributed by atoms with E-state index in [1.165, 1.54) is 7.11 Å². The third kappa shape index (κ3) is 8.03. The third-order valence-corrected chi connectivity index (χ3v) is 5.90. The molecule has 0 saturated heterocycles. The molecule has 0 radical (unpaired) electrons. The van der Waals surface area contributed by atoms with Crippen LogP contribution in [0, 0.1) is 11.8 Å². The fourth-order valence-electron chi connectivity index (χ4n) is 3.69. The van der Waals surface area contributed by atoms with Crippen molar-refractivity contribution in [1.82, 2.24) is 0 Å². The molecule has 0 aliphatic heterocycles. The van der Waals surface area contributed by atoms with E-state index in [1.807, 2.05) is 19.1 Å². The molecule has 0 bridgehead atoms. The highest BCUT2D eigenvalue weighted by molar-refractivity contribution is 5.84. The highest BCUT2D eigenvalue weighted by Gasteiger charge is 2.39.